The Morgan fingerprint density at radius 3 is 2.48 bits per heavy atom. The summed E-state index contributed by atoms with van der Waals surface area (Å²) in [5.41, 5.74) is 1.48. The van der Waals surface area contributed by atoms with E-state index in [1.54, 1.807) is 4.90 Å². The van der Waals surface area contributed by atoms with E-state index in [9.17, 15) is 13.6 Å². The highest BCUT2D eigenvalue weighted by molar-refractivity contribution is 5.77. The van der Waals surface area contributed by atoms with Gasteiger partial charge in [0.25, 0.3) is 0 Å². The molecule has 2 aromatic carbocycles. The molecule has 0 heterocycles. The summed E-state index contributed by atoms with van der Waals surface area (Å²) in [6, 6.07) is 13.6. The molecule has 23 heavy (non-hydrogen) atoms. The zero-order valence-corrected chi connectivity index (χ0v) is 12.8. The van der Waals surface area contributed by atoms with E-state index < -0.39 is 11.6 Å². The van der Waals surface area contributed by atoms with Crippen LogP contribution in [-0.4, -0.2) is 16.8 Å². The number of aryl methyl sites for hydroxylation is 1. The van der Waals surface area contributed by atoms with Crippen molar-refractivity contribution in [3.05, 3.63) is 71.3 Å². The summed E-state index contributed by atoms with van der Waals surface area (Å²) in [5.74, 6) is -1.16. The van der Waals surface area contributed by atoms with E-state index in [2.05, 4.69) is 0 Å². The van der Waals surface area contributed by atoms with Gasteiger partial charge in [0.1, 0.15) is 11.6 Å². The first-order valence-electron chi connectivity index (χ1n) is 7.91. The van der Waals surface area contributed by atoms with Crippen molar-refractivity contribution >= 4 is 5.91 Å². The van der Waals surface area contributed by atoms with Crippen LogP contribution in [0.15, 0.2) is 48.5 Å². The number of carbonyl (C=O) groups is 1. The van der Waals surface area contributed by atoms with E-state index in [0.29, 0.717) is 18.4 Å². The molecule has 0 radical (unpaired) electrons. The van der Waals surface area contributed by atoms with Crippen LogP contribution < -0.4 is 0 Å². The molecule has 1 aliphatic rings. The highest BCUT2D eigenvalue weighted by Gasteiger charge is 2.32. The number of rotatable bonds is 6. The van der Waals surface area contributed by atoms with Gasteiger partial charge in [0.15, 0.2) is 0 Å². The van der Waals surface area contributed by atoms with Gasteiger partial charge in [-0.15, -0.1) is 0 Å². The van der Waals surface area contributed by atoms with Crippen LogP contribution in [0.1, 0.15) is 30.4 Å². The van der Waals surface area contributed by atoms with Crippen LogP contribution in [-0.2, 0) is 17.8 Å². The van der Waals surface area contributed by atoms with Crippen molar-refractivity contribution in [2.24, 2.45) is 0 Å². The minimum absolute atomic E-state index is 0.0279. The first-order valence-corrected chi connectivity index (χ1v) is 7.91. The van der Waals surface area contributed by atoms with Crippen LogP contribution in [0.4, 0.5) is 8.78 Å². The molecular formula is C19H19F2NO. The summed E-state index contributed by atoms with van der Waals surface area (Å²) >= 11 is 0. The molecule has 3 rings (SSSR count). The van der Waals surface area contributed by atoms with Crippen molar-refractivity contribution in [1.29, 1.82) is 0 Å². The van der Waals surface area contributed by atoms with E-state index in [4.69, 9.17) is 0 Å². The summed E-state index contributed by atoms with van der Waals surface area (Å²) in [7, 11) is 0. The lowest BCUT2D eigenvalue weighted by molar-refractivity contribution is -0.132. The summed E-state index contributed by atoms with van der Waals surface area (Å²) in [6.07, 6.45) is 3.00. The lowest BCUT2D eigenvalue weighted by Crippen LogP contribution is -2.33. The number of hydrogen-bond donors (Lipinski definition) is 0. The van der Waals surface area contributed by atoms with Crippen molar-refractivity contribution in [2.45, 2.75) is 38.3 Å². The van der Waals surface area contributed by atoms with Crippen molar-refractivity contribution < 1.29 is 13.6 Å². The van der Waals surface area contributed by atoms with Gasteiger partial charge in [0.05, 0.1) is 0 Å². The number of benzene rings is 2. The molecule has 1 aliphatic carbocycles. The summed E-state index contributed by atoms with van der Waals surface area (Å²) in [5, 5.41) is 0. The van der Waals surface area contributed by atoms with Crippen molar-refractivity contribution in [2.75, 3.05) is 0 Å². The molecule has 1 saturated carbocycles. The molecule has 120 valence electrons. The Hall–Kier alpha value is -2.23. The van der Waals surface area contributed by atoms with Gasteiger partial charge in [-0.2, -0.15) is 0 Å². The molecule has 0 aromatic heterocycles. The lowest BCUT2D eigenvalue weighted by atomic mass is 10.1. The minimum atomic E-state index is -0.598. The first kappa shape index (κ1) is 15.7. The summed E-state index contributed by atoms with van der Waals surface area (Å²) in [6.45, 7) is 0.213. The Morgan fingerprint density at radius 2 is 1.83 bits per heavy atom. The summed E-state index contributed by atoms with van der Waals surface area (Å²) < 4.78 is 26.8. The predicted molar refractivity (Wildman–Crippen MR) is 84.7 cm³/mol. The van der Waals surface area contributed by atoms with E-state index in [1.807, 2.05) is 30.3 Å². The van der Waals surface area contributed by atoms with Crippen molar-refractivity contribution in [3.8, 4) is 0 Å². The molecule has 2 nitrogen and oxygen atoms in total. The van der Waals surface area contributed by atoms with Gasteiger partial charge in [-0.3, -0.25) is 4.79 Å². The van der Waals surface area contributed by atoms with Crippen LogP contribution >= 0.6 is 0 Å². The Morgan fingerprint density at radius 1 is 1.09 bits per heavy atom. The van der Waals surface area contributed by atoms with Gasteiger partial charge in [0, 0.05) is 30.6 Å². The van der Waals surface area contributed by atoms with Crippen LogP contribution in [0.5, 0.6) is 0 Å². The number of carbonyl (C=O) groups excluding carboxylic acids is 1. The maximum atomic E-state index is 13.8. The fourth-order valence-electron chi connectivity index (χ4n) is 2.68. The average molecular weight is 315 g/mol. The maximum absolute atomic E-state index is 13.8. The highest BCUT2D eigenvalue weighted by Crippen LogP contribution is 2.29. The van der Waals surface area contributed by atoms with Gasteiger partial charge in [-0.1, -0.05) is 36.4 Å². The largest absolute Gasteiger partial charge is 0.335 e. The second-order valence-electron chi connectivity index (χ2n) is 5.97. The van der Waals surface area contributed by atoms with E-state index >= 15 is 0 Å². The average Bonchev–Trinajstić information content (AvgIpc) is 3.38. The van der Waals surface area contributed by atoms with Gasteiger partial charge < -0.3 is 4.90 Å². The van der Waals surface area contributed by atoms with Crippen molar-refractivity contribution in [1.82, 2.24) is 4.90 Å². The maximum Gasteiger partial charge on any atom is 0.223 e. The molecule has 0 saturated heterocycles. The van der Waals surface area contributed by atoms with Gasteiger partial charge in [0.2, 0.25) is 5.91 Å². The molecule has 0 aliphatic heterocycles. The SMILES string of the molecule is O=C(CCc1ccccc1)N(Cc1ccc(F)cc1F)C1CC1. The Balaban J connectivity index is 1.65. The fraction of sp³-hybridized carbons (Fsp3) is 0.316. The Kier molecular flexibility index (Phi) is 4.70. The summed E-state index contributed by atoms with van der Waals surface area (Å²) in [4.78, 5) is 14.2. The number of amides is 1. The normalized spacial score (nSPS) is 13.8. The molecule has 0 atom stereocenters. The smallest absolute Gasteiger partial charge is 0.223 e. The van der Waals surface area contributed by atoms with Gasteiger partial charge >= 0.3 is 0 Å². The molecule has 0 unspecified atom stereocenters. The molecule has 0 spiro atoms. The fourth-order valence-corrected chi connectivity index (χ4v) is 2.68. The van der Waals surface area contributed by atoms with E-state index in [-0.39, 0.29) is 18.5 Å². The third-order valence-electron chi connectivity index (χ3n) is 4.13. The van der Waals surface area contributed by atoms with Crippen molar-refractivity contribution in [3.63, 3.8) is 0 Å². The van der Waals surface area contributed by atoms with Gasteiger partial charge in [-0.05, 0) is 30.9 Å². The van der Waals surface area contributed by atoms with Crippen LogP contribution in [0, 0.1) is 11.6 Å². The van der Waals surface area contributed by atoms with Gasteiger partial charge in [-0.25, -0.2) is 8.78 Å². The minimum Gasteiger partial charge on any atom is -0.335 e. The van der Waals surface area contributed by atoms with Crippen LogP contribution in [0.2, 0.25) is 0 Å². The van der Waals surface area contributed by atoms with E-state index in [1.165, 1.54) is 12.1 Å². The molecule has 1 amide bonds. The number of hydrogen-bond acceptors (Lipinski definition) is 1. The van der Waals surface area contributed by atoms with Crippen LogP contribution in [0.3, 0.4) is 0 Å². The molecule has 1 fully saturated rings. The van der Waals surface area contributed by atoms with Crippen LogP contribution in [0.25, 0.3) is 0 Å². The number of halogens is 2. The Bertz CT molecular complexity index is 683. The quantitative estimate of drug-likeness (QED) is 0.786. The second-order valence-corrected chi connectivity index (χ2v) is 5.97. The zero-order chi connectivity index (χ0) is 16.2. The zero-order valence-electron chi connectivity index (χ0n) is 12.8. The lowest BCUT2D eigenvalue weighted by Gasteiger charge is -2.23. The number of nitrogens with zero attached hydrogens (tertiary/aromatic N) is 1. The standard InChI is InChI=1S/C19H19F2NO/c20-16-8-7-15(18(21)12-16)13-22(17-9-10-17)19(23)11-6-14-4-2-1-3-5-14/h1-5,7-8,12,17H,6,9-11,13H2. The molecule has 4 heteroatoms. The molecule has 0 bridgehead atoms. The highest BCUT2D eigenvalue weighted by atomic mass is 19.1. The van der Waals surface area contributed by atoms with E-state index in [0.717, 1.165) is 24.5 Å². The molecular weight excluding hydrogens is 296 g/mol. The Labute approximate surface area is 134 Å². The predicted octanol–water partition coefficient (Wildman–Crippen LogP) is 4.09. The first-order chi connectivity index (χ1) is 11.1. The third kappa shape index (κ3) is 4.15. The monoisotopic (exact) mass is 315 g/mol. The molecule has 2 aromatic rings. The molecule has 0 N–H and O–H groups in total. The third-order valence-corrected chi connectivity index (χ3v) is 4.13. The second kappa shape index (κ2) is 6.90. The topological polar surface area (TPSA) is 20.3 Å².